The highest BCUT2D eigenvalue weighted by Gasteiger charge is 2.34. The minimum Gasteiger partial charge on any atom is -0.511 e. The van der Waals surface area contributed by atoms with Crippen molar-refractivity contribution in [1.82, 2.24) is 4.98 Å². The lowest BCUT2D eigenvalue weighted by molar-refractivity contribution is -0.138. The van der Waals surface area contributed by atoms with Crippen molar-refractivity contribution in [3.8, 4) is 11.6 Å². The maximum absolute atomic E-state index is 14.2. The molecule has 0 saturated carbocycles. The third kappa shape index (κ3) is 5.50. The van der Waals surface area contributed by atoms with E-state index in [4.69, 9.17) is 9.57 Å². The Morgan fingerprint density at radius 2 is 1.97 bits per heavy atom. The first-order valence-corrected chi connectivity index (χ1v) is 10.3. The number of aliphatic hydroxyl groups is 1. The number of allylic oxidation sites excluding steroid dienone is 2. The number of alkyl halides is 3. The number of ketones is 1. The number of oxime groups is 1. The number of halogens is 4. The van der Waals surface area contributed by atoms with Gasteiger partial charge in [0.1, 0.15) is 18.1 Å². The molecule has 0 aliphatic heterocycles. The molecule has 0 radical (unpaired) electrons. The fraction of sp³-hybridized carbons (Fsp3) is 0.348. The fourth-order valence-corrected chi connectivity index (χ4v) is 3.54. The van der Waals surface area contributed by atoms with Crippen LogP contribution in [0.25, 0.3) is 0 Å². The minimum absolute atomic E-state index is 0.0217. The predicted octanol–water partition coefficient (Wildman–Crippen LogP) is 6.09. The number of hydrogen-bond acceptors (Lipinski definition) is 6. The largest absolute Gasteiger partial charge is 0.511 e. The third-order valence-corrected chi connectivity index (χ3v) is 5.07. The molecule has 1 unspecified atom stereocenters. The molecule has 10 heteroatoms. The highest BCUT2D eigenvalue weighted by Crippen LogP contribution is 2.40. The monoisotopic (exact) mass is 466 g/mol. The summed E-state index contributed by atoms with van der Waals surface area (Å²) in [5.41, 5.74) is -0.284. The highest BCUT2D eigenvalue weighted by molar-refractivity contribution is 6.23. The van der Waals surface area contributed by atoms with Crippen LogP contribution in [0.2, 0.25) is 0 Å². The lowest BCUT2D eigenvalue weighted by atomic mass is 9.80. The molecule has 0 saturated heterocycles. The highest BCUT2D eigenvalue weighted by atomic mass is 19.4. The maximum Gasteiger partial charge on any atom is 0.417 e. The van der Waals surface area contributed by atoms with Crippen LogP contribution in [0.15, 0.2) is 53.0 Å². The van der Waals surface area contributed by atoms with Gasteiger partial charge in [0.15, 0.2) is 11.6 Å². The molecular weight excluding hydrogens is 444 g/mol. The van der Waals surface area contributed by atoms with Crippen LogP contribution < -0.4 is 4.74 Å². The van der Waals surface area contributed by atoms with Gasteiger partial charge in [0.05, 0.1) is 16.8 Å². The molecule has 2 aromatic rings. The summed E-state index contributed by atoms with van der Waals surface area (Å²) in [6, 6.07) is 6.70. The van der Waals surface area contributed by atoms with E-state index in [0.717, 1.165) is 0 Å². The summed E-state index contributed by atoms with van der Waals surface area (Å²) in [6.45, 7) is 3.84. The molecular formula is C23H22F4N2O4. The number of para-hydroxylation sites is 1. The van der Waals surface area contributed by atoms with Crippen molar-refractivity contribution in [1.29, 1.82) is 0 Å². The second-order valence-electron chi connectivity index (χ2n) is 7.31. The van der Waals surface area contributed by atoms with Crippen LogP contribution in [0.3, 0.4) is 0 Å². The minimum atomic E-state index is -4.74. The van der Waals surface area contributed by atoms with Gasteiger partial charge in [0.25, 0.3) is 5.88 Å². The first kappa shape index (κ1) is 24.2. The zero-order valence-corrected chi connectivity index (χ0v) is 17.9. The molecule has 1 aliphatic carbocycles. The molecule has 176 valence electrons. The van der Waals surface area contributed by atoms with Crippen LogP contribution in [0, 0.1) is 5.82 Å². The average Bonchev–Trinajstić information content (AvgIpc) is 2.76. The van der Waals surface area contributed by atoms with Crippen LogP contribution in [-0.4, -0.2) is 28.2 Å². The summed E-state index contributed by atoms with van der Waals surface area (Å²) in [4.78, 5) is 21.3. The van der Waals surface area contributed by atoms with Gasteiger partial charge in [-0.05, 0) is 31.0 Å². The van der Waals surface area contributed by atoms with Gasteiger partial charge in [0, 0.05) is 25.0 Å². The van der Waals surface area contributed by atoms with Crippen LogP contribution in [-0.2, 0) is 15.8 Å². The van der Waals surface area contributed by atoms with Crippen molar-refractivity contribution < 1.29 is 37.0 Å². The van der Waals surface area contributed by atoms with E-state index in [9.17, 15) is 27.5 Å². The van der Waals surface area contributed by atoms with Gasteiger partial charge in [-0.15, -0.1) is 0 Å². The molecule has 1 aliphatic rings. The molecule has 0 fully saturated rings. The molecule has 0 spiro atoms. The van der Waals surface area contributed by atoms with Crippen molar-refractivity contribution in [2.75, 3.05) is 6.61 Å². The Bertz CT molecular complexity index is 1100. The Morgan fingerprint density at radius 3 is 2.58 bits per heavy atom. The molecule has 0 amide bonds. The number of carbonyl (C=O) groups excluding carboxylic acids is 1. The van der Waals surface area contributed by atoms with E-state index in [1.54, 1.807) is 32.0 Å². The van der Waals surface area contributed by atoms with Gasteiger partial charge in [-0.2, -0.15) is 13.2 Å². The first-order valence-electron chi connectivity index (χ1n) is 10.3. The van der Waals surface area contributed by atoms with Gasteiger partial charge in [-0.1, -0.05) is 30.3 Å². The molecule has 1 aromatic heterocycles. The summed E-state index contributed by atoms with van der Waals surface area (Å²) in [5, 5.41) is 14.5. The third-order valence-electron chi connectivity index (χ3n) is 5.07. The Labute approximate surface area is 187 Å². The van der Waals surface area contributed by atoms with E-state index in [1.165, 1.54) is 6.07 Å². The van der Waals surface area contributed by atoms with Crippen LogP contribution in [0.5, 0.6) is 11.6 Å². The summed E-state index contributed by atoms with van der Waals surface area (Å²) >= 11 is 0. The number of Topliss-reactive ketones (excluding diaryl/α,β-unsaturated/α-hetero) is 1. The number of rotatable bonds is 7. The van der Waals surface area contributed by atoms with E-state index < -0.39 is 29.4 Å². The van der Waals surface area contributed by atoms with Gasteiger partial charge in [0.2, 0.25) is 0 Å². The summed E-state index contributed by atoms with van der Waals surface area (Å²) in [6.07, 6.45) is -3.76. The quantitative estimate of drug-likeness (QED) is 0.303. The van der Waals surface area contributed by atoms with Crippen LogP contribution >= 0.6 is 0 Å². The van der Waals surface area contributed by atoms with Gasteiger partial charge >= 0.3 is 6.18 Å². The SMILES string of the molecule is CCO/N=C(\CC)C1=C(O)CC(c2ccccc2Oc2ncc(C(F)(F)F)cc2F)CC1=O. The number of pyridine rings is 1. The van der Waals surface area contributed by atoms with Crippen LogP contribution in [0.4, 0.5) is 17.6 Å². The molecule has 1 atom stereocenters. The number of aliphatic hydroxyl groups excluding tert-OH is 1. The topological polar surface area (TPSA) is 81.0 Å². The normalized spacial score (nSPS) is 17.3. The van der Waals surface area contributed by atoms with Crippen molar-refractivity contribution >= 4 is 11.5 Å². The smallest absolute Gasteiger partial charge is 0.417 e. The Balaban J connectivity index is 1.90. The molecule has 6 nitrogen and oxygen atoms in total. The molecule has 1 aromatic carbocycles. The molecule has 1 N–H and O–H groups in total. The number of ether oxygens (including phenoxy) is 1. The van der Waals surface area contributed by atoms with E-state index in [1.807, 2.05) is 0 Å². The van der Waals surface area contributed by atoms with E-state index >= 15 is 0 Å². The zero-order valence-electron chi connectivity index (χ0n) is 17.9. The lowest BCUT2D eigenvalue weighted by Gasteiger charge is -2.25. The number of carbonyl (C=O) groups is 1. The van der Waals surface area contributed by atoms with E-state index in [-0.39, 0.29) is 35.7 Å². The summed E-state index contributed by atoms with van der Waals surface area (Å²) in [7, 11) is 0. The van der Waals surface area contributed by atoms with Crippen molar-refractivity contribution in [2.45, 2.75) is 45.2 Å². The van der Waals surface area contributed by atoms with Crippen molar-refractivity contribution in [3.05, 3.63) is 64.8 Å². The predicted molar refractivity (Wildman–Crippen MR) is 112 cm³/mol. The Hall–Kier alpha value is -3.43. The lowest BCUT2D eigenvalue weighted by Crippen LogP contribution is -2.24. The number of hydrogen-bond donors (Lipinski definition) is 1. The average molecular weight is 466 g/mol. The van der Waals surface area contributed by atoms with Crippen LogP contribution in [0.1, 0.15) is 50.2 Å². The zero-order chi connectivity index (χ0) is 24.2. The fourth-order valence-electron chi connectivity index (χ4n) is 3.54. The number of benzene rings is 1. The summed E-state index contributed by atoms with van der Waals surface area (Å²) < 4.78 is 58.0. The Kier molecular flexibility index (Phi) is 7.35. The first-order chi connectivity index (χ1) is 15.7. The maximum atomic E-state index is 14.2. The van der Waals surface area contributed by atoms with E-state index in [0.29, 0.717) is 36.6 Å². The second kappa shape index (κ2) is 10.0. The van der Waals surface area contributed by atoms with Crippen molar-refractivity contribution in [3.63, 3.8) is 0 Å². The van der Waals surface area contributed by atoms with Gasteiger partial charge in [-0.25, -0.2) is 9.37 Å². The van der Waals surface area contributed by atoms with Gasteiger partial charge < -0.3 is 14.7 Å². The molecule has 1 heterocycles. The molecule has 33 heavy (non-hydrogen) atoms. The summed E-state index contributed by atoms with van der Waals surface area (Å²) in [5.74, 6) is -2.77. The van der Waals surface area contributed by atoms with Gasteiger partial charge in [-0.3, -0.25) is 4.79 Å². The standard InChI is InChI=1S/C23H22F4N2O4/c1-3-17(29-32-4-2)21-18(30)9-13(10-19(21)31)15-7-5-6-8-20(15)33-22-16(24)11-14(12-28-22)23(25,26)27/h5-8,11-13,30H,3-4,9-10H2,1-2H3/b29-17+. The second-order valence-corrected chi connectivity index (χ2v) is 7.31. The number of nitrogens with zero attached hydrogens (tertiary/aromatic N) is 2. The molecule has 3 rings (SSSR count). The Morgan fingerprint density at radius 1 is 1.24 bits per heavy atom. The molecule has 0 bridgehead atoms. The van der Waals surface area contributed by atoms with E-state index in [2.05, 4.69) is 10.1 Å². The number of aromatic nitrogens is 1. The van der Waals surface area contributed by atoms with Crippen molar-refractivity contribution in [2.24, 2.45) is 5.16 Å².